The molecule has 1 fully saturated rings. The lowest BCUT2D eigenvalue weighted by Gasteiger charge is -2.21. The summed E-state index contributed by atoms with van der Waals surface area (Å²) in [6, 6.07) is 0. The van der Waals surface area contributed by atoms with Crippen LogP contribution in [-0.2, 0) is 4.79 Å². The Morgan fingerprint density at radius 3 is 2.00 bits per heavy atom. The summed E-state index contributed by atoms with van der Waals surface area (Å²) in [5, 5.41) is 3.01. The molecule has 2 nitrogen and oxygen atoms in total. The quantitative estimate of drug-likeness (QED) is 0.541. The van der Waals surface area contributed by atoms with Gasteiger partial charge in [0.15, 0.2) is 0 Å². The van der Waals surface area contributed by atoms with E-state index in [0.717, 1.165) is 13.0 Å². The summed E-state index contributed by atoms with van der Waals surface area (Å²) in [5.74, 6) is 1.30. The SMILES string of the molecule is CCCCCCC(CCCCCC)C1CCNC1=O. The lowest BCUT2D eigenvalue weighted by Crippen LogP contribution is -2.25. The van der Waals surface area contributed by atoms with Gasteiger partial charge in [-0.15, -0.1) is 0 Å². The van der Waals surface area contributed by atoms with Gasteiger partial charge >= 0.3 is 0 Å². The first-order valence-corrected chi connectivity index (χ1v) is 8.57. The van der Waals surface area contributed by atoms with Gasteiger partial charge in [0.2, 0.25) is 5.91 Å². The van der Waals surface area contributed by atoms with E-state index in [1.54, 1.807) is 0 Å². The Hall–Kier alpha value is -0.530. The molecular formula is C17H33NO. The molecule has 0 aliphatic carbocycles. The molecule has 0 aromatic rings. The topological polar surface area (TPSA) is 29.1 Å². The minimum Gasteiger partial charge on any atom is -0.356 e. The summed E-state index contributed by atoms with van der Waals surface area (Å²) in [6.07, 6.45) is 14.2. The first-order chi connectivity index (χ1) is 9.29. The van der Waals surface area contributed by atoms with Crippen molar-refractivity contribution in [1.82, 2.24) is 5.32 Å². The molecule has 0 bridgehead atoms. The average Bonchev–Trinajstić information content (AvgIpc) is 2.83. The minimum atomic E-state index is 0.322. The van der Waals surface area contributed by atoms with Crippen molar-refractivity contribution < 1.29 is 4.79 Å². The van der Waals surface area contributed by atoms with Crippen molar-refractivity contribution >= 4 is 5.91 Å². The minimum absolute atomic E-state index is 0.322. The van der Waals surface area contributed by atoms with Crippen molar-refractivity contribution in [2.45, 2.75) is 84.5 Å². The Labute approximate surface area is 119 Å². The molecule has 112 valence electrons. The number of carbonyl (C=O) groups is 1. The van der Waals surface area contributed by atoms with Crippen LogP contribution in [0.1, 0.15) is 84.5 Å². The molecule has 1 unspecified atom stereocenters. The summed E-state index contributed by atoms with van der Waals surface area (Å²) in [4.78, 5) is 11.9. The highest BCUT2D eigenvalue weighted by molar-refractivity contribution is 5.80. The van der Waals surface area contributed by atoms with Gasteiger partial charge in [0, 0.05) is 12.5 Å². The normalized spacial score (nSPS) is 19.1. The lowest BCUT2D eigenvalue weighted by molar-refractivity contribution is -0.124. The molecule has 1 rings (SSSR count). The van der Waals surface area contributed by atoms with Crippen LogP contribution in [0.3, 0.4) is 0 Å². The molecular weight excluding hydrogens is 234 g/mol. The van der Waals surface area contributed by atoms with E-state index >= 15 is 0 Å². The fraction of sp³-hybridized carbons (Fsp3) is 0.941. The monoisotopic (exact) mass is 267 g/mol. The second-order valence-corrected chi connectivity index (χ2v) is 6.14. The van der Waals surface area contributed by atoms with Crippen LogP contribution in [0, 0.1) is 11.8 Å². The van der Waals surface area contributed by atoms with Gasteiger partial charge in [0.1, 0.15) is 0 Å². The number of carbonyl (C=O) groups excluding carboxylic acids is 1. The highest BCUT2D eigenvalue weighted by atomic mass is 16.2. The molecule has 2 heteroatoms. The molecule has 1 aliphatic heterocycles. The van der Waals surface area contributed by atoms with Gasteiger partial charge in [0.25, 0.3) is 0 Å². The van der Waals surface area contributed by atoms with Crippen LogP contribution in [-0.4, -0.2) is 12.5 Å². The van der Waals surface area contributed by atoms with Crippen LogP contribution in [0.25, 0.3) is 0 Å². The number of nitrogens with one attached hydrogen (secondary N) is 1. The molecule has 1 aliphatic rings. The van der Waals surface area contributed by atoms with E-state index in [2.05, 4.69) is 19.2 Å². The maximum Gasteiger partial charge on any atom is 0.223 e. The largest absolute Gasteiger partial charge is 0.356 e. The highest BCUT2D eigenvalue weighted by Crippen LogP contribution is 2.30. The van der Waals surface area contributed by atoms with Gasteiger partial charge < -0.3 is 5.32 Å². The van der Waals surface area contributed by atoms with Crippen LogP contribution in [0.2, 0.25) is 0 Å². The molecule has 1 amide bonds. The Kier molecular flexibility index (Phi) is 8.94. The highest BCUT2D eigenvalue weighted by Gasteiger charge is 2.31. The van der Waals surface area contributed by atoms with Crippen molar-refractivity contribution in [2.24, 2.45) is 11.8 Å². The first kappa shape index (κ1) is 16.5. The van der Waals surface area contributed by atoms with E-state index in [-0.39, 0.29) is 0 Å². The maximum atomic E-state index is 11.9. The standard InChI is InChI=1S/C17H33NO/c1-3-5-7-9-11-15(12-10-8-6-4-2)16-13-14-18-17(16)19/h15-16H,3-14H2,1-2H3,(H,18,19). The van der Waals surface area contributed by atoms with Crippen molar-refractivity contribution in [2.75, 3.05) is 6.54 Å². The Morgan fingerprint density at radius 1 is 1.00 bits per heavy atom. The Morgan fingerprint density at radius 2 is 1.58 bits per heavy atom. The number of unbranched alkanes of at least 4 members (excludes halogenated alkanes) is 6. The summed E-state index contributed by atoms with van der Waals surface area (Å²) in [7, 11) is 0. The van der Waals surface area contributed by atoms with E-state index in [0.29, 0.717) is 17.7 Å². The predicted molar refractivity (Wildman–Crippen MR) is 82.1 cm³/mol. The number of hydrogen-bond donors (Lipinski definition) is 1. The molecule has 0 radical (unpaired) electrons. The fourth-order valence-electron chi connectivity index (χ4n) is 3.28. The van der Waals surface area contributed by atoms with E-state index in [1.165, 1.54) is 64.2 Å². The molecule has 0 spiro atoms. The number of hydrogen-bond acceptors (Lipinski definition) is 1. The van der Waals surface area contributed by atoms with Crippen molar-refractivity contribution in [3.05, 3.63) is 0 Å². The van der Waals surface area contributed by atoms with Crippen molar-refractivity contribution in [3.63, 3.8) is 0 Å². The molecule has 1 N–H and O–H groups in total. The summed E-state index contributed by atoms with van der Waals surface area (Å²) >= 11 is 0. The van der Waals surface area contributed by atoms with E-state index in [9.17, 15) is 4.79 Å². The zero-order valence-electron chi connectivity index (χ0n) is 13.0. The van der Waals surface area contributed by atoms with Gasteiger partial charge in [-0.2, -0.15) is 0 Å². The van der Waals surface area contributed by atoms with Crippen LogP contribution in [0.4, 0.5) is 0 Å². The van der Waals surface area contributed by atoms with Gasteiger partial charge in [-0.25, -0.2) is 0 Å². The molecule has 1 saturated heterocycles. The third kappa shape index (κ3) is 6.44. The Balaban J connectivity index is 2.31. The molecule has 0 saturated carbocycles. The average molecular weight is 267 g/mol. The zero-order valence-corrected chi connectivity index (χ0v) is 13.0. The van der Waals surface area contributed by atoms with Gasteiger partial charge in [-0.3, -0.25) is 4.79 Å². The van der Waals surface area contributed by atoms with Gasteiger partial charge in [-0.05, 0) is 25.2 Å². The maximum absolute atomic E-state index is 11.9. The van der Waals surface area contributed by atoms with Crippen molar-refractivity contribution in [1.29, 1.82) is 0 Å². The third-order valence-electron chi connectivity index (χ3n) is 4.52. The van der Waals surface area contributed by atoms with E-state index in [4.69, 9.17) is 0 Å². The van der Waals surface area contributed by atoms with Crippen LogP contribution >= 0.6 is 0 Å². The predicted octanol–water partition coefficient (Wildman–Crippen LogP) is 4.68. The molecule has 1 heterocycles. The summed E-state index contributed by atoms with van der Waals surface area (Å²) < 4.78 is 0. The van der Waals surface area contributed by atoms with Crippen LogP contribution < -0.4 is 5.32 Å². The van der Waals surface area contributed by atoms with Crippen LogP contribution in [0.15, 0.2) is 0 Å². The van der Waals surface area contributed by atoms with Gasteiger partial charge in [0.05, 0.1) is 0 Å². The molecule has 0 aromatic heterocycles. The lowest BCUT2D eigenvalue weighted by atomic mass is 9.82. The first-order valence-electron chi connectivity index (χ1n) is 8.57. The smallest absolute Gasteiger partial charge is 0.223 e. The van der Waals surface area contributed by atoms with Crippen molar-refractivity contribution in [3.8, 4) is 0 Å². The molecule has 19 heavy (non-hydrogen) atoms. The Bertz CT molecular complexity index is 227. The second kappa shape index (κ2) is 10.3. The number of rotatable bonds is 11. The zero-order chi connectivity index (χ0) is 13.9. The summed E-state index contributed by atoms with van der Waals surface area (Å²) in [5.41, 5.74) is 0. The number of amides is 1. The van der Waals surface area contributed by atoms with Crippen LogP contribution in [0.5, 0.6) is 0 Å². The van der Waals surface area contributed by atoms with Gasteiger partial charge in [-0.1, -0.05) is 65.2 Å². The second-order valence-electron chi connectivity index (χ2n) is 6.14. The van der Waals surface area contributed by atoms with E-state index in [1.807, 2.05) is 0 Å². The third-order valence-corrected chi connectivity index (χ3v) is 4.52. The fourth-order valence-corrected chi connectivity index (χ4v) is 3.28. The summed E-state index contributed by atoms with van der Waals surface area (Å²) in [6.45, 7) is 5.42. The molecule has 0 aromatic carbocycles. The molecule has 1 atom stereocenters. The van der Waals surface area contributed by atoms with E-state index < -0.39 is 0 Å².